The second kappa shape index (κ2) is 10.2. The number of fused-ring (bicyclic) bond motifs is 1. The molecule has 1 saturated heterocycles. The number of benzene rings is 3. The minimum atomic E-state index is -0.695. The minimum Gasteiger partial charge on any atom is -0.508 e. The van der Waals surface area contributed by atoms with E-state index in [9.17, 15) is 19.0 Å². The highest BCUT2D eigenvalue weighted by Gasteiger charge is 2.30. The van der Waals surface area contributed by atoms with Gasteiger partial charge < -0.3 is 19.7 Å². The van der Waals surface area contributed by atoms with Crippen molar-refractivity contribution in [3.05, 3.63) is 83.2 Å². The van der Waals surface area contributed by atoms with Gasteiger partial charge in [-0.25, -0.2) is 4.39 Å². The third-order valence-electron chi connectivity index (χ3n) is 6.98. The van der Waals surface area contributed by atoms with Crippen LogP contribution in [-0.4, -0.2) is 48.0 Å². The standard InChI is InChI=1S/C29H29F2NO4/c1-18-24-15-22(33)5-9-27(24)36-29(28(18)21-4-8-25(31)26(34)14-21)20-2-6-23(7-3-20)35-13-12-32-11-10-19(16-30)17-32/h2-9,14-15,19,29,33-34H,10-13,16-17H2,1H3. The van der Waals surface area contributed by atoms with Crippen LogP contribution in [0.25, 0.3) is 11.1 Å². The van der Waals surface area contributed by atoms with Gasteiger partial charge in [-0.15, -0.1) is 0 Å². The van der Waals surface area contributed by atoms with Crippen molar-refractivity contribution >= 4 is 11.1 Å². The average Bonchev–Trinajstić information content (AvgIpc) is 3.35. The Morgan fingerprint density at radius 2 is 1.86 bits per heavy atom. The van der Waals surface area contributed by atoms with Gasteiger partial charge in [-0.1, -0.05) is 18.2 Å². The monoisotopic (exact) mass is 493 g/mol. The van der Waals surface area contributed by atoms with Crippen molar-refractivity contribution in [1.29, 1.82) is 0 Å². The van der Waals surface area contributed by atoms with E-state index in [0.29, 0.717) is 17.9 Å². The van der Waals surface area contributed by atoms with Crippen molar-refractivity contribution in [3.63, 3.8) is 0 Å². The summed E-state index contributed by atoms with van der Waals surface area (Å²) >= 11 is 0. The lowest BCUT2D eigenvalue weighted by atomic mass is 9.86. The molecule has 3 aromatic carbocycles. The molecule has 2 aliphatic rings. The van der Waals surface area contributed by atoms with E-state index in [2.05, 4.69) is 4.90 Å². The van der Waals surface area contributed by atoms with E-state index >= 15 is 0 Å². The third kappa shape index (κ3) is 4.88. The van der Waals surface area contributed by atoms with Crippen LogP contribution in [0.5, 0.6) is 23.0 Å². The number of halogens is 2. The van der Waals surface area contributed by atoms with Crippen LogP contribution in [0.2, 0.25) is 0 Å². The Morgan fingerprint density at radius 3 is 2.58 bits per heavy atom. The van der Waals surface area contributed by atoms with Crippen LogP contribution in [0.3, 0.4) is 0 Å². The van der Waals surface area contributed by atoms with Gasteiger partial charge in [0.15, 0.2) is 11.6 Å². The van der Waals surface area contributed by atoms with Crippen molar-refractivity contribution in [3.8, 4) is 23.0 Å². The Morgan fingerprint density at radius 1 is 1.06 bits per heavy atom. The average molecular weight is 494 g/mol. The predicted molar refractivity (Wildman–Crippen MR) is 134 cm³/mol. The molecule has 2 aliphatic heterocycles. The maximum atomic E-state index is 13.8. The van der Waals surface area contributed by atoms with Gasteiger partial charge in [0.1, 0.15) is 30.0 Å². The number of nitrogens with zero attached hydrogens (tertiary/aromatic N) is 1. The fourth-order valence-corrected chi connectivity index (χ4v) is 5.00. The lowest BCUT2D eigenvalue weighted by Crippen LogP contribution is -2.26. The second-order valence-electron chi connectivity index (χ2n) is 9.41. The van der Waals surface area contributed by atoms with Gasteiger partial charge in [-0.05, 0) is 79.1 Å². The second-order valence-corrected chi connectivity index (χ2v) is 9.41. The maximum Gasteiger partial charge on any atom is 0.164 e. The van der Waals surface area contributed by atoms with Crippen LogP contribution in [0.15, 0.2) is 60.7 Å². The zero-order valence-corrected chi connectivity index (χ0v) is 20.1. The first-order valence-corrected chi connectivity index (χ1v) is 12.1. The molecule has 0 amide bonds. The molecule has 0 bridgehead atoms. The molecule has 2 N–H and O–H groups in total. The number of likely N-dealkylation sites (tertiary alicyclic amines) is 1. The number of alkyl halides is 1. The normalized spacial score (nSPS) is 19.8. The highest BCUT2D eigenvalue weighted by atomic mass is 19.1. The van der Waals surface area contributed by atoms with E-state index in [-0.39, 0.29) is 18.3 Å². The number of aromatic hydroxyl groups is 2. The Kier molecular flexibility index (Phi) is 6.83. The maximum absolute atomic E-state index is 13.8. The first-order chi connectivity index (χ1) is 17.4. The summed E-state index contributed by atoms with van der Waals surface area (Å²) in [6.45, 7) is 4.63. The van der Waals surface area contributed by atoms with E-state index in [1.807, 2.05) is 31.2 Å². The highest BCUT2D eigenvalue weighted by molar-refractivity contribution is 5.95. The molecule has 188 valence electrons. The van der Waals surface area contributed by atoms with Gasteiger partial charge in [0.2, 0.25) is 0 Å². The van der Waals surface area contributed by atoms with Crippen molar-refractivity contribution in [1.82, 2.24) is 4.90 Å². The molecule has 5 rings (SSSR count). The zero-order valence-electron chi connectivity index (χ0n) is 20.1. The summed E-state index contributed by atoms with van der Waals surface area (Å²) in [5.74, 6) is 0.479. The Labute approximate surface area is 209 Å². The lowest BCUT2D eigenvalue weighted by Gasteiger charge is -2.31. The van der Waals surface area contributed by atoms with E-state index in [0.717, 1.165) is 54.1 Å². The fraction of sp³-hybridized carbons (Fsp3) is 0.310. The van der Waals surface area contributed by atoms with Crippen LogP contribution >= 0.6 is 0 Å². The SMILES string of the molecule is CC1=C(c2ccc(F)c(O)c2)C(c2ccc(OCCN3CCC(CF)C3)cc2)Oc2ccc(O)cc21. The van der Waals surface area contributed by atoms with Crippen molar-refractivity contribution in [2.75, 3.05) is 32.9 Å². The fourth-order valence-electron chi connectivity index (χ4n) is 5.00. The molecule has 0 aromatic heterocycles. The largest absolute Gasteiger partial charge is 0.508 e. The molecule has 0 spiro atoms. The van der Waals surface area contributed by atoms with E-state index in [1.54, 1.807) is 24.3 Å². The van der Waals surface area contributed by atoms with E-state index < -0.39 is 17.7 Å². The van der Waals surface area contributed by atoms with Gasteiger partial charge >= 0.3 is 0 Å². The van der Waals surface area contributed by atoms with Gasteiger partial charge in [-0.2, -0.15) is 0 Å². The number of rotatable bonds is 7. The molecule has 36 heavy (non-hydrogen) atoms. The predicted octanol–water partition coefficient (Wildman–Crippen LogP) is 5.97. The number of phenols is 2. The molecular weight excluding hydrogens is 464 g/mol. The Balaban J connectivity index is 1.38. The number of ether oxygens (including phenoxy) is 2. The van der Waals surface area contributed by atoms with E-state index in [4.69, 9.17) is 9.47 Å². The summed E-state index contributed by atoms with van der Waals surface area (Å²) in [5, 5.41) is 20.0. The van der Waals surface area contributed by atoms with Crippen molar-refractivity contribution in [2.45, 2.75) is 19.4 Å². The summed E-state index contributed by atoms with van der Waals surface area (Å²) in [6, 6.07) is 16.8. The quantitative estimate of drug-likeness (QED) is 0.425. The number of hydrogen-bond donors (Lipinski definition) is 2. The molecule has 0 radical (unpaired) electrons. The van der Waals surface area contributed by atoms with Crippen LogP contribution in [-0.2, 0) is 0 Å². The topological polar surface area (TPSA) is 62.2 Å². The summed E-state index contributed by atoms with van der Waals surface area (Å²) < 4.78 is 38.9. The van der Waals surface area contributed by atoms with Gasteiger partial charge in [0.05, 0.1) is 6.67 Å². The molecule has 5 nitrogen and oxygen atoms in total. The first-order valence-electron chi connectivity index (χ1n) is 12.1. The van der Waals surface area contributed by atoms with Gasteiger partial charge in [0, 0.05) is 30.1 Å². The van der Waals surface area contributed by atoms with Gasteiger partial charge in [-0.3, -0.25) is 9.29 Å². The van der Waals surface area contributed by atoms with Crippen molar-refractivity contribution in [2.24, 2.45) is 5.92 Å². The zero-order chi connectivity index (χ0) is 25.2. The van der Waals surface area contributed by atoms with Crippen LogP contribution in [0.4, 0.5) is 8.78 Å². The Bertz CT molecular complexity index is 1270. The lowest BCUT2D eigenvalue weighted by molar-refractivity contribution is 0.228. The van der Waals surface area contributed by atoms with Crippen LogP contribution < -0.4 is 9.47 Å². The summed E-state index contributed by atoms with van der Waals surface area (Å²) in [4.78, 5) is 2.22. The third-order valence-corrected chi connectivity index (χ3v) is 6.98. The molecule has 1 fully saturated rings. The molecule has 2 heterocycles. The summed E-state index contributed by atoms with van der Waals surface area (Å²) in [7, 11) is 0. The molecule has 3 aromatic rings. The first kappa shape index (κ1) is 24.1. The minimum absolute atomic E-state index is 0.118. The molecule has 2 atom stereocenters. The van der Waals surface area contributed by atoms with E-state index in [1.165, 1.54) is 12.1 Å². The van der Waals surface area contributed by atoms with Crippen LogP contribution in [0.1, 0.15) is 36.1 Å². The highest BCUT2D eigenvalue weighted by Crippen LogP contribution is 2.47. The molecule has 2 unspecified atom stereocenters. The number of allylic oxidation sites excluding steroid dienone is 1. The number of phenolic OH excluding ortho intramolecular Hbond substituents is 2. The summed E-state index contributed by atoms with van der Waals surface area (Å²) in [6.07, 6.45) is 0.388. The molecule has 0 saturated carbocycles. The smallest absolute Gasteiger partial charge is 0.164 e. The van der Waals surface area contributed by atoms with Crippen molar-refractivity contribution < 1.29 is 28.5 Å². The molecule has 0 aliphatic carbocycles. The summed E-state index contributed by atoms with van der Waals surface area (Å²) in [5.41, 5.74) is 3.86. The van der Waals surface area contributed by atoms with Gasteiger partial charge in [0.25, 0.3) is 0 Å². The Hall–Kier alpha value is -3.58. The molecule has 7 heteroatoms. The van der Waals surface area contributed by atoms with Crippen LogP contribution in [0, 0.1) is 11.7 Å². The number of hydrogen-bond acceptors (Lipinski definition) is 5. The molecular formula is C29H29F2NO4.